The molecule has 3 unspecified atom stereocenters. The first-order valence-corrected chi connectivity index (χ1v) is 6.41. The van der Waals surface area contributed by atoms with E-state index in [2.05, 4.69) is 0 Å². The van der Waals surface area contributed by atoms with E-state index in [4.69, 9.17) is 4.74 Å². The van der Waals surface area contributed by atoms with Crippen molar-refractivity contribution in [2.24, 2.45) is 5.92 Å². The van der Waals surface area contributed by atoms with E-state index in [-0.39, 0.29) is 24.2 Å². The summed E-state index contributed by atoms with van der Waals surface area (Å²) >= 11 is 0. The summed E-state index contributed by atoms with van der Waals surface area (Å²) in [7, 11) is 0. The minimum Gasteiger partial charge on any atom is -0.445 e. The average Bonchev–Trinajstić information content (AvgIpc) is 3.19. The van der Waals surface area contributed by atoms with E-state index in [0.717, 1.165) is 12.0 Å². The van der Waals surface area contributed by atoms with Crippen LogP contribution >= 0.6 is 0 Å². The van der Waals surface area contributed by atoms with Crippen LogP contribution in [0.3, 0.4) is 0 Å². The SMILES string of the molecule is O=C(OCc1ccccc1)N1CCC(O)C2CC21. The molecule has 1 saturated heterocycles. The van der Waals surface area contributed by atoms with Gasteiger partial charge >= 0.3 is 6.09 Å². The molecule has 1 aliphatic carbocycles. The first-order chi connectivity index (χ1) is 8.75. The fraction of sp³-hybridized carbons (Fsp3) is 0.500. The number of carbonyl (C=O) groups is 1. The normalized spacial score (nSPS) is 29.6. The molecule has 1 heterocycles. The topological polar surface area (TPSA) is 49.8 Å². The molecule has 0 bridgehead atoms. The summed E-state index contributed by atoms with van der Waals surface area (Å²) in [5.74, 6) is 0.281. The van der Waals surface area contributed by atoms with E-state index in [1.54, 1.807) is 4.90 Å². The standard InChI is InChI=1S/C14H17NO3/c16-13-6-7-15(12-8-11(12)13)14(17)18-9-10-4-2-1-3-5-10/h1-5,11-13,16H,6-9H2. The number of ether oxygens (including phenoxy) is 1. The zero-order valence-corrected chi connectivity index (χ0v) is 10.2. The van der Waals surface area contributed by atoms with Crippen molar-refractivity contribution < 1.29 is 14.6 Å². The Kier molecular flexibility index (Phi) is 2.96. The Balaban J connectivity index is 1.53. The maximum atomic E-state index is 11.9. The van der Waals surface area contributed by atoms with Gasteiger partial charge in [-0.05, 0) is 18.4 Å². The van der Waals surface area contributed by atoms with Gasteiger partial charge in [-0.3, -0.25) is 0 Å². The fourth-order valence-electron chi connectivity index (χ4n) is 2.65. The number of aliphatic hydroxyl groups excluding tert-OH is 1. The number of hydrogen-bond acceptors (Lipinski definition) is 3. The van der Waals surface area contributed by atoms with Crippen LogP contribution in [0.25, 0.3) is 0 Å². The van der Waals surface area contributed by atoms with Crippen LogP contribution in [0.2, 0.25) is 0 Å². The van der Waals surface area contributed by atoms with Crippen LogP contribution in [-0.2, 0) is 11.3 Å². The Labute approximate surface area is 106 Å². The van der Waals surface area contributed by atoms with Crippen LogP contribution < -0.4 is 0 Å². The van der Waals surface area contributed by atoms with Gasteiger partial charge in [0, 0.05) is 18.5 Å². The van der Waals surface area contributed by atoms with Crippen molar-refractivity contribution in [2.45, 2.75) is 31.6 Å². The molecule has 4 nitrogen and oxygen atoms in total. The fourth-order valence-corrected chi connectivity index (χ4v) is 2.65. The number of hydrogen-bond donors (Lipinski definition) is 1. The molecule has 2 fully saturated rings. The van der Waals surface area contributed by atoms with E-state index >= 15 is 0 Å². The Morgan fingerprint density at radius 1 is 1.39 bits per heavy atom. The molecule has 3 atom stereocenters. The Bertz CT molecular complexity index is 434. The van der Waals surface area contributed by atoms with Gasteiger partial charge in [-0.2, -0.15) is 0 Å². The third kappa shape index (κ3) is 2.20. The molecule has 3 rings (SSSR count). The van der Waals surface area contributed by atoms with Crippen molar-refractivity contribution in [3.05, 3.63) is 35.9 Å². The van der Waals surface area contributed by atoms with Gasteiger partial charge < -0.3 is 14.7 Å². The minimum absolute atomic E-state index is 0.206. The predicted molar refractivity (Wildman–Crippen MR) is 65.9 cm³/mol. The summed E-state index contributed by atoms with van der Waals surface area (Å²) in [5.41, 5.74) is 0.996. The molecule has 18 heavy (non-hydrogen) atoms. The molecule has 96 valence electrons. The lowest BCUT2D eigenvalue weighted by Gasteiger charge is -2.28. The molecule has 0 radical (unpaired) electrons. The highest BCUT2D eigenvalue weighted by Gasteiger charge is 2.51. The minimum atomic E-state index is -0.252. The zero-order chi connectivity index (χ0) is 12.5. The van der Waals surface area contributed by atoms with Gasteiger partial charge in [0.2, 0.25) is 0 Å². The summed E-state index contributed by atoms with van der Waals surface area (Å²) in [6.45, 7) is 0.923. The summed E-state index contributed by atoms with van der Waals surface area (Å²) in [6, 6.07) is 9.87. The van der Waals surface area contributed by atoms with Crippen LogP contribution in [0, 0.1) is 5.92 Å². The van der Waals surface area contributed by atoms with Gasteiger partial charge in [0.05, 0.1) is 6.10 Å². The number of amides is 1. The third-order valence-corrected chi connectivity index (χ3v) is 3.80. The summed E-state index contributed by atoms with van der Waals surface area (Å²) in [6.07, 6.45) is 1.11. The highest BCUT2D eigenvalue weighted by atomic mass is 16.6. The first kappa shape index (κ1) is 11.5. The smallest absolute Gasteiger partial charge is 0.410 e. The summed E-state index contributed by atoms with van der Waals surface area (Å²) < 4.78 is 5.31. The Hall–Kier alpha value is -1.55. The lowest BCUT2D eigenvalue weighted by Crippen LogP contribution is -2.41. The van der Waals surface area contributed by atoms with E-state index in [1.165, 1.54) is 0 Å². The van der Waals surface area contributed by atoms with Crippen molar-refractivity contribution in [2.75, 3.05) is 6.54 Å². The quantitative estimate of drug-likeness (QED) is 0.866. The van der Waals surface area contributed by atoms with E-state index < -0.39 is 0 Å². The van der Waals surface area contributed by atoms with Crippen LogP contribution in [0.4, 0.5) is 4.79 Å². The predicted octanol–water partition coefficient (Wildman–Crippen LogP) is 1.78. The van der Waals surface area contributed by atoms with E-state index in [0.29, 0.717) is 19.6 Å². The number of likely N-dealkylation sites (tertiary alicyclic amines) is 1. The third-order valence-electron chi connectivity index (χ3n) is 3.80. The second kappa shape index (κ2) is 4.61. The van der Waals surface area contributed by atoms with Crippen molar-refractivity contribution in [1.29, 1.82) is 0 Å². The maximum Gasteiger partial charge on any atom is 0.410 e. The average molecular weight is 247 g/mol. The molecule has 1 aromatic carbocycles. The number of carbonyl (C=O) groups excluding carboxylic acids is 1. The summed E-state index contributed by atoms with van der Waals surface area (Å²) in [5, 5.41) is 9.65. The Morgan fingerprint density at radius 2 is 2.17 bits per heavy atom. The largest absolute Gasteiger partial charge is 0.445 e. The number of benzene rings is 1. The van der Waals surface area contributed by atoms with Crippen LogP contribution in [0.5, 0.6) is 0 Å². The highest BCUT2D eigenvalue weighted by molar-refractivity contribution is 5.69. The molecule has 4 heteroatoms. The van der Waals surface area contributed by atoms with E-state index in [9.17, 15) is 9.90 Å². The molecule has 1 aromatic rings. The molecule has 1 amide bonds. The van der Waals surface area contributed by atoms with Crippen molar-refractivity contribution >= 4 is 6.09 Å². The van der Waals surface area contributed by atoms with Gasteiger partial charge in [-0.1, -0.05) is 30.3 Å². The molecular weight excluding hydrogens is 230 g/mol. The number of aliphatic hydroxyl groups is 1. The maximum absolute atomic E-state index is 11.9. The van der Waals surface area contributed by atoms with Gasteiger partial charge in [-0.25, -0.2) is 4.79 Å². The zero-order valence-electron chi connectivity index (χ0n) is 10.2. The lowest BCUT2D eigenvalue weighted by atomic mass is 10.1. The second-order valence-electron chi connectivity index (χ2n) is 5.06. The van der Waals surface area contributed by atoms with Crippen LogP contribution in [0.1, 0.15) is 18.4 Å². The number of piperidine rings is 1. The van der Waals surface area contributed by atoms with Gasteiger partial charge in [0.25, 0.3) is 0 Å². The molecule has 1 N–H and O–H groups in total. The molecule has 1 aliphatic heterocycles. The number of fused-ring (bicyclic) bond motifs is 1. The molecule has 0 spiro atoms. The number of nitrogens with zero attached hydrogens (tertiary/aromatic N) is 1. The lowest BCUT2D eigenvalue weighted by molar-refractivity contribution is 0.0517. The number of rotatable bonds is 2. The van der Waals surface area contributed by atoms with E-state index in [1.807, 2.05) is 30.3 Å². The highest BCUT2D eigenvalue weighted by Crippen LogP contribution is 2.43. The molecular formula is C14H17NO3. The van der Waals surface area contributed by atoms with Gasteiger partial charge in [-0.15, -0.1) is 0 Å². The van der Waals surface area contributed by atoms with Crippen LogP contribution in [-0.4, -0.2) is 34.8 Å². The summed E-state index contributed by atoms with van der Waals surface area (Å²) in [4.78, 5) is 13.7. The van der Waals surface area contributed by atoms with Crippen LogP contribution in [0.15, 0.2) is 30.3 Å². The monoisotopic (exact) mass is 247 g/mol. The van der Waals surface area contributed by atoms with Gasteiger partial charge in [0.1, 0.15) is 6.61 Å². The van der Waals surface area contributed by atoms with Gasteiger partial charge in [0.15, 0.2) is 0 Å². The Morgan fingerprint density at radius 3 is 2.94 bits per heavy atom. The second-order valence-corrected chi connectivity index (χ2v) is 5.06. The van der Waals surface area contributed by atoms with Crippen molar-refractivity contribution in [3.63, 3.8) is 0 Å². The molecule has 2 aliphatic rings. The molecule has 0 aromatic heterocycles. The van der Waals surface area contributed by atoms with Crippen molar-refractivity contribution in [3.8, 4) is 0 Å². The van der Waals surface area contributed by atoms with Crippen molar-refractivity contribution in [1.82, 2.24) is 4.90 Å². The molecule has 1 saturated carbocycles. The first-order valence-electron chi connectivity index (χ1n) is 6.41.